The zero-order valence-corrected chi connectivity index (χ0v) is 17.0. The molecule has 0 radical (unpaired) electrons. The minimum absolute atomic E-state index is 0.241. The van der Waals surface area contributed by atoms with Crippen LogP contribution in [0.2, 0.25) is 0 Å². The first-order valence-electron chi connectivity index (χ1n) is 10.9. The van der Waals surface area contributed by atoms with Crippen LogP contribution < -0.4 is 0 Å². The molecule has 0 aromatic carbocycles. The van der Waals surface area contributed by atoms with Gasteiger partial charge in [-0.15, -0.1) is 0 Å². The Morgan fingerprint density at radius 2 is 1.93 bits per heavy atom. The molecule has 7 atom stereocenters. The summed E-state index contributed by atoms with van der Waals surface area (Å²) in [6.07, 6.45) is 14.4. The van der Waals surface area contributed by atoms with Gasteiger partial charge in [-0.25, -0.2) is 4.79 Å². The van der Waals surface area contributed by atoms with Crippen LogP contribution in [0.4, 0.5) is 0 Å². The van der Waals surface area contributed by atoms with Gasteiger partial charge in [0.2, 0.25) is 0 Å². The van der Waals surface area contributed by atoms with Crippen molar-refractivity contribution in [1.29, 1.82) is 0 Å². The molecule has 0 aromatic rings. The fraction of sp³-hybridized carbons (Fsp3) is 0.750. The molecule has 0 amide bonds. The summed E-state index contributed by atoms with van der Waals surface area (Å²) in [4.78, 5) is 22.9. The van der Waals surface area contributed by atoms with Crippen molar-refractivity contribution in [2.75, 3.05) is 0 Å². The summed E-state index contributed by atoms with van der Waals surface area (Å²) in [5, 5.41) is 9.00. The first-order valence-corrected chi connectivity index (χ1v) is 10.9. The summed E-state index contributed by atoms with van der Waals surface area (Å²) < 4.78 is 0. The minimum Gasteiger partial charge on any atom is -0.478 e. The van der Waals surface area contributed by atoms with E-state index in [4.69, 9.17) is 5.11 Å². The predicted octanol–water partition coefficient (Wildman–Crippen LogP) is 5.41. The van der Waals surface area contributed by atoms with Crippen LogP contribution in [-0.2, 0) is 9.59 Å². The molecule has 27 heavy (non-hydrogen) atoms. The molecular formula is C24H34O3. The van der Waals surface area contributed by atoms with Crippen molar-refractivity contribution in [3.8, 4) is 0 Å². The highest BCUT2D eigenvalue weighted by molar-refractivity contribution is 5.91. The second-order valence-electron chi connectivity index (χ2n) is 10.3. The molecule has 3 nitrogen and oxygen atoms in total. The molecule has 4 aliphatic rings. The Kier molecular flexibility index (Phi) is 4.63. The van der Waals surface area contributed by atoms with E-state index in [-0.39, 0.29) is 5.41 Å². The number of allylic oxidation sites excluding steroid dienone is 2. The van der Waals surface area contributed by atoms with Gasteiger partial charge in [-0.3, -0.25) is 4.79 Å². The Morgan fingerprint density at radius 1 is 1.15 bits per heavy atom. The second kappa shape index (κ2) is 6.60. The number of aliphatic carboxylic acids is 1. The van der Waals surface area contributed by atoms with Crippen molar-refractivity contribution >= 4 is 11.8 Å². The maximum absolute atomic E-state index is 12.0. The van der Waals surface area contributed by atoms with Gasteiger partial charge in [0.15, 0.2) is 5.78 Å². The maximum atomic E-state index is 12.0. The third-order valence-electron chi connectivity index (χ3n) is 9.21. The maximum Gasteiger partial charge on any atom is 0.327 e. The lowest BCUT2D eigenvalue weighted by molar-refractivity contribution is -0.131. The lowest BCUT2D eigenvalue weighted by Crippen LogP contribution is -2.50. The summed E-state index contributed by atoms with van der Waals surface area (Å²) in [6, 6.07) is 0. The van der Waals surface area contributed by atoms with Gasteiger partial charge in [-0.05, 0) is 91.4 Å². The molecule has 0 aromatic heterocycles. The first-order chi connectivity index (χ1) is 12.8. The highest BCUT2D eigenvalue weighted by Crippen LogP contribution is 2.67. The van der Waals surface area contributed by atoms with Crippen molar-refractivity contribution in [3.63, 3.8) is 0 Å². The number of hydrogen-bond acceptors (Lipinski definition) is 2. The molecule has 1 N–H and O–H groups in total. The molecule has 0 spiro atoms. The summed E-state index contributed by atoms with van der Waals surface area (Å²) in [5.74, 6) is 2.69. The first kappa shape index (κ1) is 19.0. The van der Waals surface area contributed by atoms with Crippen LogP contribution in [0.3, 0.4) is 0 Å². The van der Waals surface area contributed by atoms with Crippen LogP contribution in [0.25, 0.3) is 0 Å². The summed E-state index contributed by atoms with van der Waals surface area (Å²) >= 11 is 0. The second-order valence-corrected chi connectivity index (χ2v) is 10.3. The van der Waals surface area contributed by atoms with Crippen LogP contribution in [0, 0.1) is 40.4 Å². The van der Waals surface area contributed by atoms with Crippen LogP contribution in [0.1, 0.15) is 72.1 Å². The van der Waals surface area contributed by atoms with Crippen molar-refractivity contribution < 1.29 is 14.7 Å². The van der Waals surface area contributed by atoms with Crippen molar-refractivity contribution in [2.24, 2.45) is 40.4 Å². The largest absolute Gasteiger partial charge is 0.478 e. The Balaban J connectivity index is 1.58. The Labute approximate surface area is 163 Å². The average molecular weight is 371 g/mol. The van der Waals surface area contributed by atoms with Gasteiger partial charge in [-0.1, -0.05) is 32.4 Å². The van der Waals surface area contributed by atoms with Crippen LogP contribution in [0.15, 0.2) is 23.8 Å². The topological polar surface area (TPSA) is 54.4 Å². The Bertz CT molecular complexity index is 704. The Hall–Kier alpha value is -1.38. The smallest absolute Gasteiger partial charge is 0.327 e. The number of hydrogen-bond donors (Lipinski definition) is 1. The van der Waals surface area contributed by atoms with Gasteiger partial charge in [0, 0.05) is 12.5 Å². The number of carboxylic acids is 1. The molecule has 3 heteroatoms. The number of carboxylic acid groups (broad SMARTS) is 1. The van der Waals surface area contributed by atoms with Gasteiger partial charge < -0.3 is 5.11 Å². The summed E-state index contributed by atoms with van der Waals surface area (Å²) in [5.41, 5.74) is 2.02. The molecule has 4 aliphatic carbocycles. The number of fused-ring (bicyclic) bond motifs is 5. The minimum atomic E-state index is -0.836. The lowest BCUT2D eigenvalue weighted by Gasteiger charge is -2.58. The van der Waals surface area contributed by atoms with Crippen LogP contribution in [-0.4, -0.2) is 16.9 Å². The van der Waals surface area contributed by atoms with Crippen molar-refractivity contribution in [3.05, 3.63) is 23.8 Å². The van der Waals surface area contributed by atoms with E-state index in [1.54, 1.807) is 0 Å². The number of rotatable bonds is 3. The molecular weight excluding hydrogens is 336 g/mol. The molecule has 0 bridgehead atoms. The average Bonchev–Trinajstić information content (AvgIpc) is 2.97. The van der Waals surface area contributed by atoms with Crippen molar-refractivity contribution in [2.45, 2.75) is 72.1 Å². The van der Waals surface area contributed by atoms with E-state index in [0.29, 0.717) is 23.0 Å². The molecule has 0 saturated heterocycles. The number of carbonyl (C=O) groups is 2. The highest BCUT2D eigenvalue weighted by atomic mass is 16.4. The van der Waals surface area contributed by atoms with Crippen LogP contribution >= 0.6 is 0 Å². The van der Waals surface area contributed by atoms with E-state index in [1.165, 1.54) is 43.8 Å². The molecule has 148 valence electrons. The number of ketones is 1. The van der Waals surface area contributed by atoms with Gasteiger partial charge >= 0.3 is 5.97 Å². The lowest BCUT2D eigenvalue weighted by atomic mass is 9.46. The van der Waals surface area contributed by atoms with E-state index in [1.807, 2.05) is 12.2 Å². The molecule has 0 heterocycles. The van der Waals surface area contributed by atoms with Gasteiger partial charge in [0.05, 0.1) is 0 Å². The van der Waals surface area contributed by atoms with E-state index < -0.39 is 5.97 Å². The number of carbonyl (C=O) groups excluding carboxylic acids is 1. The molecule has 3 saturated carbocycles. The van der Waals surface area contributed by atoms with Gasteiger partial charge in [0.1, 0.15) is 0 Å². The molecule has 0 aliphatic heterocycles. The van der Waals surface area contributed by atoms with Gasteiger partial charge in [0.25, 0.3) is 0 Å². The Morgan fingerprint density at radius 3 is 2.67 bits per heavy atom. The van der Waals surface area contributed by atoms with Crippen LogP contribution in [0.5, 0.6) is 0 Å². The zero-order valence-electron chi connectivity index (χ0n) is 17.0. The quantitative estimate of drug-likeness (QED) is 0.676. The predicted molar refractivity (Wildman–Crippen MR) is 106 cm³/mol. The summed E-state index contributed by atoms with van der Waals surface area (Å²) in [7, 11) is 0. The van der Waals surface area contributed by atoms with Crippen molar-refractivity contribution in [1.82, 2.24) is 0 Å². The normalized spacial score (nSPS) is 45.0. The SMILES string of the molecule is C[C@H](/C=C/C(=O)O)[C@H]1CCC2C3CCC4=CC(=O)CCC4(C)C3CC[C@@]21C. The summed E-state index contributed by atoms with van der Waals surface area (Å²) in [6.45, 7) is 7.14. The zero-order chi connectivity index (χ0) is 19.4. The standard InChI is InChI=1S/C24H34O3/c1-15(4-9-22(26)27)19-7-8-20-18-6-5-16-14-17(25)10-12-23(16,2)21(18)11-13-24(19,20)3/h4,9,14-15,18-21H,5-8,10-13H2,1-3H3,(H,26,27)/b9-4+/t15-,18?,19-,20?,21?,23?,24-/m1/s1. The molecule has 3 fully saturated rings. The highest BCUT2D eigenvalue weighted by Gasteiger charge is 2.59. The van der Waals surface area contributed by atoms with E-state index in [2.05, 4.69) is 20.8 Å². The molecule has 4 unspecified atom stereocenters. The van der Waals surface area contributed by atoms with E-state index in [9.17, 15) is 9.59 Å². The van der Waals surface area contributed by atoms with E-state index >= 15 is 0 Å². The van der Waals surface area contributed by atoms with Gasteiger partial charge in [-0.2, -0.15) is 0 Å². The fourth-order valence-corrected chi connectivity index (χ4v) is 7.83. The van der Waals surface area contributed by atoms with E-state index in [0.717, 1.165) is 37.0 Å². The fourth-order valence-electron chi connectivity index (χ4n) is 7.83. The molecule has 4 rings (SSSR count). The third-order valence-corrected chi connectivity index (χ3v) is 9.21. The monoisotopic (exact) mass is 370 g/mol. The third kappa shape index (κ3) is 2.93.